The first-order valence-corrected chi connectivity index (χ1v) is 6.99. The van der Waals surface area contributed by atoms with Gasteiger partial charge in [-0.2, -0.15) is 0 Å². The monoisotopic (exact) mass is 265 g/mol. The Labute approximate surface area is 117 Å². The fourth-order valence-corrected chi connectivity index (χ4v) is 1.93. The van der Waals surface area contributed by atoms with E-state index in [0.29, 0.717) is 19.1 Å². The summed E-state index contributed by atoms with van der Waals surface area (Å²) in [6.07, 6.45) is -0.473. The van der Waals surface area contributed by atoms with E-state index in [0.717, 1.165) is 17.9 Å². The maximum atomic E-state index is 9.87. The Balaban J connectivity index is 2.44. The van der Waals surface area contributed by atoms with E-state index in [-0.39, 0.29) is 0 Å². The lowest BCUT2D eigenvalue weighted by Gasteiger charge is -2.16. The van der Waals surface area contributed by atoms with Crippen LogP contribution in [0.1, 0.15) is 30.5 Å². The zero-order valence-corrected chi connectivity index (χ0v) is 12.8. The first-order valence-electron chi connectivity index (χ1n) is 6.99. The summed E-state index contributed by atoms with van der Waals surface area (Å²) in [7, 11) is 0. The molecule has 0 aliphatic carbocycles. The smallest absolute Gasteiger partial charge is 0.122 e. The number of aliphatic hydroxyl groups is 1. The highest BCUT2D eigenvalue weighted by Crippen LogP contribution is 2.23. The van der Waals surface area contributed by atoms with Crippen LogP contribution in [0.4, 0.5) is 0 Å². The van der Waals surface area contributed by atoms with Gasteiger partial charge < -0.3 is 15.2 Å². The van der Waals surface area contributed by atoms with Crippen molar-refractivity contribution < 1.29 is 9.84 Å². The van der Waals surface area contributed by atoms with Crippen LogP contribution in [-0.4, -0.2) is 30.9 Å². The van der Waals surface area contributed by atoms with E-state index in [1.807, 2.05) is 13.0 Å². The summed E-state index contributed by atoms with van der Waals surface area (Å²) in [5.41, 5.74) is 3.56. The second-order valence-corrected chi connectivity index (χ2v) is 5.72. The largest absolute Gasteiger partial charge is 0.491 e. The lowest BCUT2D eigenvalue weighted by Crippen LogP contribution is -2.33. The number of aryl methyl sites for hydroxylation is 2. The molecule has 108 valence electrons. The van der Waals surface area contributed by atoms with Crippen LogP contribution < -0.4 is 10.1 Å². The molecule has 1 atom stereocenters. The molecule has 3 heteroatoms. The zero-order chi connectivity index (χ0) is 14.4. The molecular formula is C16H27NO2. The van der Waals surface area contributed by atoms with Gasteiger partial charge in [0.15, 0.2) is 0 Å². The van der Waals surface area contributed by atoms with Crippen molar-refractivity contribution in [1.82, 2.24) is 5.32 Å². The molecule has 0 aromatic heterocycles. The summed E-state index contributed by atoms with van der Waals surface area (Å²) >= 11 is 0. The predicted molar refractivity (Wildman–Crippen MR) is 79.9 cm³/mol. The molecule has 0 unspecified atom stereocenters. The van der Waals surface area contributed by atoms with Crippen LogP contribution in [0, 0.1) is 26.7 Å². The third-order valence-corrected chi connectivity index (χ3v) is 3.13. The standard InChI is InChI=1S/C16H27NO2/c1-11(2)8-17-9-15(18)10-19-16-7-12(3)6-13(4)14(16)5/h6-7,11,15,17-18H,8-10H2,1-5H3/t15-/m1/s1. The van der Waals surface area contributed by atoms with Gasteiger partial charge in [-0.15, -0.1) is 0 Å². The lowest BCUT2D eigenvalue weighted by molar-refractivity contribution is 0.105. The van der Waals surface area contributed by atoms with Crippen LogP contribution in [-0.2, 0) is 0 Å². The molecule has 0 heterocycles. The predicted octanol–water partition coefficient (Wildman–Crippen LogP) is 2.60. The molecule has 1 aromatic carbocycles. The number of ether oxygens (including phenoxy) is 1. The van der Waals surface area contributed by atoms with Crippen molar-refractivity contribution in [3.05, 3.63) is 28.8 Å². The van der Waals surface area contributed by atoms with E-state index in [2.05, 4.69) is 39.1 Å². The number of hydrogen-bond donors (Lipinski definition) is 2. The third kappa shape index (κ3) is 5.62. The molecule has 0 aliphatic heterocycles. The fraction of sp³-hybridized carbons (Fsp3) is 0.625. The molecule has 0 amide bonds. The molecule has 0 radical (unpaired) electrons. The Kier molecular flexibility index (Phi) is 6.32. The summed E-state index contributed by atoms with van der Waals surface area (Å²) in [6.45, 7) is 12.3. The number of benzene rings is 1. The van der Waals surface area contributed by atoms with Gasteiger partial charge in [-0.1, -0.05) is 19.9 Å². The van der Waals surface area contributed by atoms with E-state index in [1.54, 1.807) is 0 Å². The second kappa shape index (κ2) is 7.51. The van der Waals surface area contributed by atoms with Crippen LogP contribution in [0.15, 0.2) is 12.1 Å². The zero-order valence-electron chi connectivity index (χ0n) is 12.8. The summed E-state index contributed by atoms with van der Waals surface area (Å²) in [6, 6.07) is 4.17. The van der Waals surface area contributed by atoms with Crippen molar-refractivity contribution in [3.63, 3.8) is 0 Å². The molecule has 1 aromatic rings. The summed E-state index contributed by atoms with van der Waals surface area (Å²) in [4.78, 5) is 0. The maximum absolute atomic E-state index is 9.87. The number of rotatable bonds is 7. The Morgan fingerprint density at radius 3 is 2.47 bits per heavy atom. The molecule has 0 saturated carbocycles. The quantitative estimate of drug-likeness (QED) is 0.796. The van der Waals surface area contributed by atoms with E-state index in [1.165, 1.54) is 11.1 Å². The van der Waals surface area contributed by atoms with Crippen molar-refractivity contribution >= 4 is 0 Å². The lowest BCUT2D eigenvalue weighted by atomic mass is 10.1. The van der Waals surface area contributed by atoms with Gasteiger partial charge in [-0.3, -0.25) is 0 Å². The minimum absolute atomic E-state index is 0.328. The minimum atomic E-state index is -0.473. The van der Waals surface area contributed by atoms with Crippen molar-refractivity contribution in [3.8, 4) is 5.75 Å². The normalized spacial score (nSPS) is 12.8. The van der Waals surface area contributed by atoms with Crippen LogP contribution >= 0.6 is 0 Å². The molecule has 3 nitrogen and oxygen atoms in total. The van der Waals surface area contributed by atoms with Gasteiger partial charge in [0, 0.05) is 6.54 Å². The first-order chi connectivity index (χ1) is 8.90. The van der Waals surface area contributed by atoms with Crippen molar-refractivity contribution in [1.29, 1.82) is 0 Å². The van der Waals surface area contributed by atoms with E-state index >= 15 is 0 Å². The average Bonchev–Trinajstić information content (AvgIpc) is 2.31. The molecule has 2 N–H and O–H groups in total. The van der Waals surface area contributed by atoms with Gasteiger partial charge in [-0.25, -0.2) is 0 Å². The maximum Gasteiger partial charge on any atom is 0.122 e. The molecule has 1 rings (SSSR count). The number of aliphatic hydroxyl groups excluding tert-OH is 1. The molecule has 0 fully saturated rings. The van der Waals surface area contributed by atoms with Crippen LogP contribution in [0.25, 0.3) is 0 Å². The van der Waals surface area contributed by atoms with Gasteiger partial charge in [0.25, 0.3) is 0 Å². The molecule has 0 saturated heterocycles. The van der Waals surface area contributed by atoms with Crippen LogP contribution in [0.3, 0.4) is 0 Å². The number of nitrogens with one attached hydrogen (secondary N) is 1. The van der Waals surface area contributed by atoms with E-state index < -0.39 is 6.10 Å². The first kappa shape index (κ1) is 16.0. The second-order valence-electron chi connectivity index (χ2n) is 5.72. The van der Waals surface area contributed by atoms with E-state index in [9.17, 15) is 5.11 Å². The Morgan fingerprint density at radius 2 is 1.84 bits per heavy atom. The molecule has 0 spiro atoms. The fourth-order valence-electron chi connectivity index (χ4n) is 1.93. The van der Waals surface area contributed by atoms with Crippen molar-refractivity contribution in [2.24, 2.45) is 5.92 Å². The highest BCUT2D eigenvalue weighted by Gasteiger charge is 2.08. The Morgan fingerprint density at radius 1 is 1.16 bits per heavy atom. The van der Waals surface area contributed by atoms with Gasteiger partial charge in [0.1, 0.15) is 18.5 Å². The van der Waals surface area contributed by atoms with Crippen molar-refractivity contribution in [2.75, 3.05) is 19.7 Å². The average molecular weight is 265 g/mol. The van der Waals surface area contributed by atoms with Crippen molar-refractivity contribution in [2.45, 2.75) is 40.7 Å². The highest BCUT2D eigenvalue weighted by molar-refractivity contribution is 5.41. The van der Waals surface area contributed by atoms with Gasteiger partial charge >= 0.3 is 0 Å². The Bertz CT molecular complexity index is 402. The summed E-state index contributed by atoms with van der Waals surface area (Å²) in [5.74, 6) is 1.47. The van der Waals surface area contributed by atoms with Gasteiger partial charge in [0.2, 0.25) is 0 Å². The SMILES string of the molecule is Cc1cc(C)c(C)c(OC[C@H](O)CNCC(C)C)c1. The van der Waals surface area contributed by atoms with Crippen LogP contribution in [0.5, 0.6) is 5.75 Å². The molecular weight excluding hydrogens is 238 g/mol. The topological polar surface area (TPSA) is 41.5 Å². The van der Waals surface area contributed by atoms with Gasteiger partial charge in [-0.05, 0) is 56.0 Å². The summed E-state index contributed by atoms with van der Waals surface area (Å²) < 4.78 is 5.73. The molecule has 19 heavy (non-hydrogen) atoms. The highest BCUT2D eigenvalue weighted by atomic mass is 16.5. The minimum Gasteiger partial charge on any atom is -0.491 e. The summed E-state index contributed by atoms with van der Waals surface area (Å²) in [5, 5.41) is 13.1. The third-order valence-electron chi connectivity index (χ3n) is 3.13. The Hall–Kier alpha value is -1.06. The van der Waals surface area contributed by atoms with Crippen LogP contribution in [0.2, 0.25) is 0 Å². The van der Waals surface area contributed by atoms with E-state index in [4.69, 9.17) is 4.74 Å². The molecule has 0 aliphatic rings. The number of hydrogen-bond acceptors (Lipinski definition) is 3. The van der Waals surface area contributed by atoms with Gasteiger partial charge in [0.05, 0.1) is 0 Å². The molecule has 0 bridgehead atoms.